The molecule has 0 aliphatic rings. The fourth-order valence-corrected chi connectivity index (χ4v) is 1.71. The Balaban J connectivity index is 0.00000162. The van der Waals surface area contributed by atoms with Crippen molar-refractivity contribution in [3.8, 4) is 16.9 Å². The molecule has 0 fully saturated rings. The highest BCUT2D eigenvalue weighted by molar-refractivity contribution is 5.85. The van der Waals surface area contributed by atoms with E-state index in [2.05, 4.69) is 0 Å². The van der Waals surface area contributed by atoms with E-state index in [0.29, 0.717) is 5.56 Å². The molecule has 2 rings (SSSR count). The van der Waals surface area contributed by atoms with E-state index in [-0.39, 0.29) is 24.8 Å². The molecular weight excluding hydrogens is 253 g/mol. The zero-order valence-corrected chi connectivity index (χ0v) is 10.8. The third kappa shape index (κ3) is 3.00. The van der Waals surface area contributed by atoms with Gasteiger partial charge in [-0.05, 0) is 35.4 Å². The second-order valence-electron chi connectivity index (χ2n) is 3.74. The fraction of sp³-hybridized carbons (Fsp3) is 0.143. The van der Waals surface area contributed by atoms with Crippen LogP contribution in [-0.2, 0) is 6.54 Å². The highest BCUT2D eigenvalue weighted by Gasteiger charge is 2.04. The second kappa shape index (κ2) is 6.38. The summed E-state index contributed by atoms with van der Waals surface area (Å²) >= 11 is 0. The van der Waals surface area contributed by atoms with Gasteiger partial charge in [0.2, 0.25) is 0 Å². The van der Waals surface area contributed by atoms with E-state index < -0.39 is 0 Å². The highest BCUT2D eigenvalue weighted by Crippen LogP contribution is 2.25. The van der Waals surface area contributed by atoms with Crippen molar-refractivity contribution < 1.29 is 9.13 Å². The summed E-state index contributed by atoms with van der Waals surface area (Å²) in [5, 5.41) is 0. The van der Waals surface area contributed by atoms with Gasteiger partial charge < -0.3 is 10.5 Å². The summed E-state index contributed by atoms with van der Waals surface area (Å²) in [5.74, 6) is 0.514. The van der Waals surface area contributed by atoms with E-state index in [4.69, 9.17) is 10.5 Å². The van der Waals surface area contributed by atoms with Crippen LogP contribution in [0.25, 0.3) is 11.1 Å². The number of hydrogen-bond donors (Lipinski definition) is 1. The SMILES string of the molecule is COc1cccc(-c2ccc(F)c(CN)c2)c1.Cl. The van der Waals surface area contributed by atoms with Crippen molar-refractivity contribution in [3.05, 3.63) is 53.8 Å². The first-order chi connectivity index (χ1) is 8.24. The van der Waals surface area contributed by atoms with Gasteiger partial charge in [0.1, 0.15) is 11.6 Å². The van der Waals surface area contributed by atoms with E-state index in [1.165, 1.54) is 6.07 Å². The highest BCUT2D eigenvalue weighted by atomic mass is 35.5. The van der Waals surface area contributed by atoms with Gasteiger partial charge >= 0.3 is 0 Å². The minimum Gasteiger partial charge on any atom is -0.497 e. The molecule has 0 unspecified atom stereocenters. The molecule has 0 spiro atoms. The first-order valence-corrected chi connectivity index (χ1v) is 5.37. The van der Waals surface area contributed by atoms with Crippen molar-refractivity contribution in [3.63, 3.8) is 0 Å². The van der Waals surface area contributed by atoms with Crippen molar-refractivity contribution in [1.82, 2.24) is 0 Å². The predicted octanol–water partition coefficient (Wildman–Crippen LogP) is 3.38. The molecule has 2 aromatic rings. The lowest BCUT2D eigenvalue weighted by Gasteiger charge is -2.07. The van der Waals surface area contributed by atoms with E-state index in [9.17, 15) is 4.39 Å². The maximum absolute atomic E-state index is 13.3. The molecule has 96 valence electrons. The third-order valence-corrected chi connectivity index (χ3v) is 2.67. The first-order valence-electron chi connectivity index (χ1n) is 5.37. The van der Waals surface area contributed by atoms with Crippen LogP contribution in [0.3, 0.4) is 0 Å². The number of ether oxygens (including phenoxy) is 1. The van der Waals surface area contributed by atoms with Gasteiger partial charge in [-0.15, -0.1) is 12.4 Å². The summed E-state index contributed by atoms with van der Waals surface area (Å²) in [5.41, 5.74) is 7.93. The zero-order valence-electron chi connectivity index (χ0n) is 10.0. The number of rotatable bonds is 3. The Morgan fingerprint density at radius 3 is 2.50 bits per heavy atom. The maximum atomic E-state index is 13.3. The molecule has 0 heterocycles. The number of methoxy groups -OCH3 is 1. The molecule has 0 saturated heterocycles. The maximum Gasteiger partial charge on any atom is 0.127 e. The van der Waals surface area contributed by atoms with Crippen LogP contribution in [-0.4, -0.2) is 7.11 Å². The van der Waals surface area contributed by atoms with E-state index >= 15 is 0 Å². The molecule has 2 N–H and O–H groups in total. The molecule has 18 heavy (non-hydrogen) atoms. The molecule has 0 bridgehead atoms. The summed E-state index contributed by atoms with van der Waals surface area (Å²) in [6.45, 7) is 0.198. The normalized spacial score (nSPS) is 9.72. The Kier molecular flexibility index (Phi) is 5.13. The monoisotopic (exact) mass is 267 g/mol. The summed E-state index contributed by atoms with van der Waals surface area (Å²) < 4.78 is 18.5. The Bertz CT molecular complexity index is 531. The molecule has 2 aromatic carbocycles. The lowest BCUT2D eigenvalue weighted by molar-refractivity contribution is 0.415. The van der Waals surface area contributed by atoms with Crippen LogP contribution in [0.4, 0.5) is 4.39 Å². The summed E-state index contributed by atoms with van der Waals surface area (Å²) in [4.78, 5) is 0. The van der Waals surface area contributed by atoms with Crippen molar-refractivity contribution in [2.75, 3.05) is 7.11 Å². The minimum atomic E-state index is -0.265. The summed E-state index contributed by atoms with van der Waals surface area (Å²) in [6, 6.07) is 12.6. The van der Waals surface area contributed by atoms with Crippen LogP contribution in [0.15, 0.2) is 42.5 Å². The number of halogens is 2. The molecule has 0 aliphatic carbocycles. The third-order valence-electron chi connectivity index (χ3n) is 2.67. The van der Waals surface area contributed by atoms with Crippen LogP contribution < -0.4 is 10.5 Å². The minimum absolute atomic E-state index is 0. The molecular formula is C14H15ClFNO. The van der Waals surface area contributed by atoms with Gasteiger partial charge in [-0.2, -0.15) is 0 Å². The van der Waals surface area contributed by atoms with Crippen LogP contribution in [0.1, 0.15) is 5.56 Å². The molecule has 0 aromatic heterocycles. The lowest BCUT2D eigenvalue weighted by atomic mass is 10.0. The van der Waals surface area contributed by atoms with Gasteiger partial charge in [0.05, 0.1) is 7.11 Å². The molecule has 0 amide bonds. The Hall–Kier alpha value is -1.58. The predicted molar refractivity (Wildman–Crippen MR) is 73.5 cm³/mol. The molecule has 0 atom stereocenters. The van der Waals surface area contributed by atoms with Gasteiger partial charge in [0, 0.05) is 12.1 Å². The lowest BCUT2D eigenvalue weighted by Crippen LogP contribution is -1.99. The standard InChI is InChI=1S/C14H14FNO.ClH/c1-17-13-4-2-3-10(8-13)11-5-6-14(15)12(7-11)9-16;/h2-8H,9,16H2,1H3;1H. The van der Waals surface area contributed by atoms with Gasteiger partial charge in [-0.1, -0.05) is 18.2 Å². The number of hydrogen-bond acceptors (Lipinski definition) is 2. The van der Waals surface area contributed by atoms with E-state index in [1.807, 2.05) is 24.3 Å². The average Bonchev–Trinajstić information content (AvgIpc) is 2.39. The average molecular weight is 268 g/mol. The van der Waals surface area contributed by atoms with E-state index in [1.54, 1.807) is 19.2 Å². The van der Waals surface area contributed by atoms with Crippen LogP contribution in [0, 0.1) is 5.82 Å². The van der Waals surface area contributed by atoms with Crippen molar-refractivity contribution in [2.24, 2.45) is 5.73 Å². The van der Waals surface area contributed by atoms with Crippen LogP contribution in [0.5, 0.6) is 5.75 Å². The molecule has 0 saturated carbocycles. The molecule has 2 nitrogen and oxygen atoms in total. The Morgan fingerprint density at radius 2 is 1.83 bits per heavy atom. The van der Waals surface area contributed by atoms with Crippen LogP contribution >= 0.6 is 12.4 Å². The summed E-state index contributed by atoms with van der Waals surface area (Å²) in [6.07, 6.45) is 0. The molecule has 0 radical (unpaired) electrons. The molecule has 0 aliphatic heterocycles. The smallest absolute Gasteiger partial charge is 0.127 e. The zero-order chi connectivity index (χ0) is 12.3. The van der Waals surface area contributed by atoms with E-state index in [0.717, 1.165) is 16.9 Å². The summed E-state index contributed by atoms with van der Waals surface area (Å²) in [7, 11) is 1.62. The topological polar surface area (TPSA) is 35.2 Å². The first kappa shape index (κ1) is 14.5. The second-order valence-corrected chi connectivity index (χ2v) is 3.74. The van der Waals surface area contributed by atoms with Crippen molar-refractivity contribution in [2.45, 2.75) is 6.54 Å². The van der Waals surface area contributed by atoms with Gasteiger partial charge in [-0.3, -0.25) is 0 Å². The fourth-order valence-electron chi connectivity index (χ4n) is 1.71. The quantitative estimate of drug-likeness (QED) is 0.925. The van der Waals surface area contributed by atoms with Crippen molar-refractivity contribution >= 4 is 12.4 Å². The van der Waals surface area contributed by atoms with Gasteiger partial charge in [0.25, 0.3) is 0 Å². The number of benzene rings is 2. The van der Waals surface area contributed by atoms with Gasteiger partial charge in [-0.25, -0.2) is 4.39 Å². The Morgan fingerprint density at radius 1 is 1.11 bits per heavy atom. The van der Waals surface area contributed by atoms with Crippen molar-refractivity contribution in [1.29, 1.82) is 0 Å². The van der Waals surface area contributed by atoms with Gasteiger partial charge in [0.15, 0.2) is 0 Å². The Labute approximate surface area is 112 Å². The largest absolute Gasteiger partial charge is 0.497 e. The molecule has 4 heteroatoms. The van der Waals surface area contributed by atoms with Crippen LogP contribution in [0.2, 0.25) is 0 Å². The number of nitrogens with two attached hydrogens (primary N) is 1.